The minimum Gasteiger partial charge on any atom is -0.484 e. The first kappa shape index (κ1) is 20.1. The molecule has 1 amide bonds. The van der Waals surface area contributed by atoms with Crippen molar-refractivity contribution in [1.82, 2.24) is 5.32 Å². The number of rotatable bonds is 6. The van der Waals surface area contributed by atoms with Gasteiger partial charge in [0.1, 0.15) is 17.6 Å². The smallest absolute Gasteiger partial charge is 0.258 e. The Hall–Kier alpha value is -2.17. The largest absolute Gasteiger partial charge is 0.484 e. The van der Waals surface area contributed by atoms with E-state index in [0.29, 0.717) is 33.6 Å². The first-order chi connectivity index (χ1) is 13.8. The number of furan rings is 1. The normalized spacial score (nSPS) is 18.0. The number of carbonyl (C=O) groups excluding carboxylic acids is 2. The van der Waals surface area contributed by atoms with E-state index in [-0.39, 0.29) is 35.8 Å². The third kappa shape index (κ3) is 4.54. The third-order valence-corrected chi connectivity index (χ3v) is 7.94. The number of halogens is 1. The molecule has 1 saturated heterocycles. The number of benzene rings is 1. The molecule has 10 heteroatoms. The van der Waals surface area contributed by atoms with E-state index < -0.39 is 9.84 Å². The highest BCUT2D eigenvalue weighted by atomic mass is 79.9. The van der Waals surface area contributed by atoms with Gasteiger partial charge in [-0.2, -0.15) is 0 Å². The molecular weight excluding hydrogens is 482 g/mol. The summed E-state index contributed by atoms with van der Waals surface area (Å²) in [5, 5.41) is 3.27. The van der Waals surface area contributed by atoms with Crippen LogP contribution < -0.4 is 10.1 Å². The van der Waals surface area contributed by atoms with Crippen molar-refractivity contribution in [3.8, 4) is 5.75 Å². The average Bonchev–Trinajstić information content (AvgIpc) is 3.37. The second-order valence-corrected chi connectivity index (χ2v) is 11.4. The Labute approximate surface area is 179 Å². The highest BCUT2D eigenvalue weighted by molar-refractivity contribution is 9.11. The molecule has 0 aliphatic carbocycles. The summed E-state index contributed by atoms with van der Waals surface area (Å²) in [6.45, 7) is -0.249. The van der Waals surface area contributed by atoms with E-state index in [9.17, 15) is 18.0 Å². The van der Waals surface area contributed by atoms with E-state index in [0.717, 1.165) is 3.79 Å². The monoisotopic (exact) mass is 497 g/mol. The molecule has 1 aliphatic rings. The van der Waals surface area contributed by atoms with Crippen LogP contribution in [0.1, 0.15) is 21.7 Å². The quantitative estimate of drug-likeness (QED) is 0.524. The number of hydrogen-bond acceptors (Lipinski definition) is 7. The Morgan fingerprint density at radius 3 is 2.79 bits per heavy atom. The molecule has 152 valence electrons. The molecule has 4 rings (SSSR count). The number of ether oxygens (including phenoxy) is 1. The van der Waals surface area contributed by atoms with Crippen LogP contribution in [-0.4, -0.2) is 44.3 Å². The Bertz CT molecular complexity index is 1200. The summed E-state index contributed by atoms with van der Waals surface area (Å²) in [5.74, 6) is -0.0807. The Kier molecular flexibility index (Phi) is 5.50. The summed E-state index contributed by atoms with van der Waals surface area (Å²) < 4.78 is 34.8. The first-order valence-corrected chi connectivity index (χ1v) is 12.2. The zero-order chi connectivity index (χ0) is 20.6. The summed E-state index contributed by atoms with van der Waals surface area (Å²) in [7, 11) is -3.06. The van der Waals surface area contributed by atoms with Gasteiger partial charge in [-0.25, -0.2) is 8.42 Å². The van der Waals surface area contributed by atoms with E-state index in [2.05, 4.69) is 21.2 Å². The van der Waals surface area contributed by atoms with Crippen molar-refractivity contribution in [2.45, 2.75) is 12.5 Å². The van der Waals surface area contributed by atoms with Gasteiger partial charge in [0.05, 0.1) is 25.7 Å². The van der Waals surface area contributed by atoms with E-state index in [1.165, 1.54) is 17.6 Å². The highest BCUT2D eigenvalue weighted by Crippen LogP contribution is 2.30. The van der Waals surface area contributed by atoms with E-state index in [1.807, 2.05) is 6.07 Å². The Morgan fingerprint density at radius 2 is 2.10 bits per heavy atom. The molecule has 29 heavy (non-hydrogen) atoms. The zero-order valence-electron chi connectivity index (χ0n) is 15.0. The fraction of sp³-hybridized carbons (Fsp3) is 0.263. The van der Waals surface area contributed by atoms with Gasteiger partial charge >= 0.3 is 0 Å². The van der Waals surface area contributed by atoms with Crippen LogP contribution in [0.25, 0.3) is 11.0 Å². The van der Waals surface area contributed by atoms with Crippen LogP contribution in [0, 0.1) is 0 Å². The number of amides is 1. The van der Waals surface area contributed by atoms with Gasteiger partial charge in [-0.1, -0.05) is 0 Å². The molecule has 3 aromatic rings. The number of fused-ring (bicyclic) bond motifs is 1. The van der Waals surface area contributed by atoms with E-state index in [4.69, 9.17) is 9.15 Å². The molecule has 7 nitrogen and oxygen atoms in total. The van der Waals surface area contributed by atoms with Gasteiger partial charge in [0.2, 0.25) is 5.78 Å². The highest BCUT2D eigenvalue weighted by Gasteiger charge is 2.29. The lowest BCUT2D eigenvalue weighted by atomic mass is 10.1. The fourth-order valence-corrected chi connectivity index (χ4v) is 6.18. The summed E-state index contributed by atoms with van der Waals surface area (Å²) in [5.41, 5.74) is 0.956. The molecule has 1 aliphatic heterocycles. The molecule has 2 aromatic heterocycles. The molecule has 0 radical (unpaired) electrons. The van der Waals surface area contributed by atoms with Crippen LogP contribution in [0.15, 0.2) is 44.8 Å². The molecule has 3 heterocycles. The first-order valence-electron chi connectivity index (χ1n) is 8.74. The topological polar surface area (TPSA) is 103 Å². The number of carbonyl (C=O) groups is 2. The number of ketones is 1. The number of nitrogens with one attached hydrogen (secondary N) is 1. The lowest BCUT2D eigenvalue weighted by Gasteiger charge is -2.11. The van der Waals surface area contributed by atoms with Crippen molar-refractivity contribution in [3.05, 3.63) is 50.8 Å². The Balaban J connectivity index is 1.45. The number of thiophene rings is 1. The van der Waals surface area contributed by atoms with Crippen molar-refractivity contribution in [2.75, 3.05) is 18.1 Å². The maximum atomic E-state index is 12.7. The van der Waals surface area contributed by atoms with Gasteiger partial charge in [-0.3, -0.25) is 9.59 Å². The maximum absolute atomic E-state index is 12.7. The van der Waals surface area contributed by atoms with Crippen LogP contribution in [0.4, 0.5) is 0 Å². The van der Waals surface area contributed by atoms with Crippen molar-refractivity contribution >= 4 is 59.8 Å². The standard InChI is InChI=1S/C19H16BrNO6S2/c20-17-4-3-16(28-17)19(23)14-8-27-15-2-1-12(7-13(14)15)26-9-18(22)21-11-5-6-29(24,25)10-11/h1-4,7-8,11H,5-6,9-10H2,(H,21,22)/t11-/m1/s1. The lowest BCUT2D eigenvalue weighted by Crippen LogP contribution is -2.38. The van der Waals surface area contributed by atoms with E-state index >= 15 is 0 Å². The van der Waals surface area contributed by atoms with Gasteiger partial charge in [-0.15, -0.1) is 11.3 Å². The lowest BCUT2D eigenvalue weighted by molar-refractivity contribution is -0.123. The molecule has 0 saturated carbocycles. The maximum Gasteiger partial charge on any atom is 0.258 e. The zero-order valence-corrected chi connectivity index (χ0v) is 18.2. The average molecular weight is 498 g/mol. The second-order valence-electron chi connectivity index (χ2n) is 6.70. The molecule has 0 bridgehead atoms. The van der Waals surface area contributed by atoms with Crippen molar-refractivity contribution in [2.24, 2.45) is 0 Å². The third-order valence-electron chi connectivity index (χ3n) is 4.55. The van der Waals surface area contributed by atoms with Crippen LogP contribution in [0.5, 0.6) is 5.75 Å². The SMILES string of the molecule is O=C(COc1ccc2occ(C(=O)c3ccc(Br)s3)c2c1)N[C@@H]1CCS(=O)(=O)C1. The number of hydrogen-bond donors (Lipinski definition) is 1. The van der Waals surface area contributed by atoms with Gasteiger partial charge in [0, 0.05) is 11.4 Å². The fourth-order valence-electron chi connectivity index (χ4n) is 3.17. The summed E-state index contributed by atoms with van der Waals surface area (Å²) in [6.07, 6.45) is 1.83. The van der Waals surface area contributed by atoms with Crippen molar-refractivity contribution < 1.29 is 27.2 Å². The van der Waals surface area contributed by atoms with Crippen LogP contribution in [0.2, 0.25) is 0 Å². The minimum atomic E-state index is -3.06. The minimum absolute atomic E-state index is 0.0377. The van der Waals surface area contributed by atoms with Crippen molar-refractivity contribution in [3.63, 3.8) is 0 Å². The van der Waals surface area contributed by atoms with Crippen molar-refractivity contribution in [1.29, 1.82) is 0 Å². The summed E-state index contributed by atoms with van der Waals surface area (Å²) >= 11 is 4.68. The summed E-state index contributed by atoms with van der Waals surface area (Å²) in [6, 6.07) is 8.15. The Morgan fingerprint density at radius 1 is 1.28 bits per heavy atom. The molecule has 0 spiro atoms. The van der Waals surface area contributed by atoms with E-state index in [1.54, 1.807) is 24.3 Å². The van der Waals surface area contributed by atoms with Gasteiger partial charge in [0.25, 0.3) is 5.91 Å². The van der Waals surface area contributed by atoms with Gasteiger partial charge in [-0.05, 0) is 52.7 Å². The predicted octanol–water partition coefficient (Wildman–Crippen LogP) is 3.17. The molecular formula is C19H16BrNO6S2. The summed E-state index contributed by atoms with van der Waals surface area (Å²) in [4.78, 5) is 25.4. The van der Waals surface area contributed by atoms with Crippen LogP contribution in [-0.2, 0) is 14.6 Å². The van der Waals surface area contributed by atoms with Crippen LogP contribution >= 0.6 is 27.3 Å². The number of sulfone groups is 1. The van der Waals surface area contributed by atoms with Crippen LogP contribution in [0.3, 0.4) is 0 Å². The second kappa shape index (κ2) is 7.92. The molecule has 0 unspecified atom stereocenters. The molecule has 1 aromatic carbocycles. The van der Waals surface area contributed by atoms with Gasteiger partial charge in [0.15, 0.2) is 16.4 Å². The molecule has 1 atom stereocenters. The predicted molar refractivity (Wildman–Crippen MR) is 112 cm³/mol. The van der Waals surface area contributed by atoms with Gasteiger partial charge < -0.3 is 14.5 Å². The molecule has 1 fully saturated rings. The molecule has 1 N–H and O–H groups in total.